The lowest BCUT2D eigenvalue weighted by Gasteiger charge is -2.26. The zero-order valence-corrected chi connectivity index (χ0v) is 29.8. The lowest BCUT2D eigenvalue weighted by molar-refractivity contribution is 0.102. The van der Waals surface area contributed by atoms with E-state index in [1.54, 1.807) is 48.5 Å². The number of rotatable bonds is 9. The van der Waals surface area contributed by atoms with Gasteiger partial charge in [-0.2, -0.15) is 16.8 Å². The second-order valence-electron chi connectivity index (χ2n) is 12.2. The molecule has 0 amide bonds. The fourth-order valence-electron chi connectivity index (χ4n) is 6.46. The van der Waals surface area contributed by atoms with E-state index in [0.29, 0.717) is 5.56 Å². The first kappa shape index (κ1) is 35.6. The first-order valence-corrected chi connectivity index (χ1v) is 20.1. The number of benzene rings is 5. The molecule has 0 radical (unpaired) electrons. The van der Waals surface area contributed by atoms with E-state index >= 15 is 0 Å². The van der Waals surface area contributed by atoms with Crippen molar-refractivity contribution in [1.29, 1.82) is 0 Å². The number of hydrogen-bond donors (Lipinski definition) is 3. The lowest BCUT2D eigenvalue weighted by atomic mass is 9.80. The van der Waals surface area contributed by atoms with Crippen molar-refractivity contribution in [3.63, 3.8) is 0 Å². The highest BCUT2D eigenvalue weighted by Gasteiger charge is 2.35. The van der Waals surface area contributed by atoms with Gasteiger partial charge in [-0.15, -0.1) is 0 Å². The van der Waals surface area contributed by atoms with Crippen molar-refractivity contribution in [2.45, 2.75) is 20.4 Å². The van der Waals surface area contributed by atoms with Crippen LogP contribution in [0.15, 0.2) is 129 Å². The van der Waals surface area contributed by atoms with Crippen LogP contribution in [-0.2, 0) is 42.9 Å². The van der Waals surface area contributed by atoms with Gasteiger partial charge < -0.3 is 9.88 Å². The summed E-state index contributed by atoms with van der Waals surface area (Å²) in [6.45, 7) is 0. The van der Waals surface area contributed by atoms with E-state index in [-0.39, 0.29) is 55.0 Å². The van der Waals surface area contributed by atoms with E-state index in [2.05, 4.69) is 5.32 Å². The van der Waals surface area contributed by atoms with Crippen LogP contribution in [0.25, 0.3) is 22.0 Å². The molecule has 0 saturated heterocycles. The van der Waals surface area contributed by atoms with Crippen LogP contribution in [0.5, 0.6) is 0 Å². The topological polar surface area (TPSA) is 211 Å². The van der Waals surface area contributed by atoms with Crippen LogP contribution in [0.2, 0.25) is 0 Å². The molecule has 1 aliphatic rings. The molecule has 0 spiro atoms. The monoisotopic (exact) mass is 770 g/mol. The maximum Gasteiger partial charge on any atom is 0.296 e. The Morgan fingerprint density at radius 1 is 0.679 bits per heavy atom. The van der Waals surface area contributed by atoms with Gasteiger partial charge in [-0.05, 0) is 53.6 Å². The van der Waals surface area contributed by atoms with Crippen LogP contribution < -0.4 is 10.9 Å². The molecule has 0 fully saturated rings. The zero-order chi connectivity index (χ0) is 38.0. The summed E-state index contributed by atoms with van der Waals surface area (Å²) >= 11 is 0. The van der Waals surface area contributed by atoms with Crippen molar-refractivity contribution in [2.75, 3.05) is 5.32 Å². The van der Waals surface area contributed by atoms with Crippen LogP contribution in [0.4, 0.5) is 11.4 Å². The minimum Gasteiger partial charge on any atom is -0.354 e. The molecule has 1 heterocycles. The van der Waals surface area contributed by atoms with E-state index in [1.165, 1.54) is 37.4 Å². The molecule has 1 aromatic heterocycles. The molecule has 0 unspecified atom stereocenters. The van der Waals surface area contributed by atoms with E-state index in [4.69, 9.17) is 0 Å². The molecule has 0 aliphatic heterocycles. The molecule has 7 rings (SSSR count). The number of ketones is 2. The first-order valence-electron chi connectivity index (χ1n) is 15.6. The summed E-state index contributed by atoms with van der Waals surface area (Å²) in [5, 5.41) is 2.99. The van der Waals surface area contributed by atoms with Gasteiger partial charge in [-0.25, -0.2) is 8.42 Å². The molecule has 0 atom stereocenters. The number of nitrogens with one attached hydrogen (secondary N) is 1. The van der Waals surface area contributed by atoms with Gasteiger partial charge in [0.15, 0.2) is 21.4 Å². The molecule has 13 nitrogen and oxygen atoms in total. The highest BCUT2D eigenvalue weighted by Crippen LogP contribution is 2.44. The van der Waals surface area contributed by atoms with Crippen LogP contribution >= 0.6 is 0 Å². The quantitative estimate of drug-likeness (QED) is 0.128. The minimum absolute atomic E-state index is 0.00605. The third kappa shape index (κ3) is 6.25. The highest BCUT2D eigenvalue weighted by molar-refractivity contribution is 7.90. The third-order valence-corrected chi connectivity index (χ3v) is 12.3. The summed E-state index contributed by atoms with van der Waals surface area (Å²) in [4.78, 5) is 40.7. The van der Waals surface area contributed by atoms with Crippen molar-refractivity contribution in [2.24, 2.45) is 7.05 Å². The zero-order valence-electron chi connectivity index (χ0n) is 27.3. The summed E-state index contributed by atoms with van der Waals surface area (Å²) in [6, 6.07) is 24.9. The SMILES string of the molecule is Cn1c(=O)c(C(=O)c2cccc(S(=O)(=O)O)c2)c2c3c(c(Nc4ccc(S(=O)(=O)Cc5ccccc5)cc4S(=O)(=O)O)ccc31)C(=O)c1ccccc1-2. The van der Waals surface area contributed by atoms with Crippen LogP contribution in [0.3, 0.4) is 0 Å². The summed E-state index contributed by atoms with van der Waals surface area (Å²) in [6.07, 6.45) is 0. The van der Waals surface area contributed by atoms with Gasteiger partial charge in [0.2, 0.25) is 0 Å². The molecular weight excluding hydrogens is 745 g/mol. The van der Waals surface area contributed by atoms with E-state index in [1.807, 2.05) is 0 Å². The number of carbonyl (C=O) groups excluding carboxylic acids is 2. The number of sulfone groups is 1. The van der Waals surface area contributed by atoms with Gasteiger partial charge in [0.25, 0.3) is 25.8 Å². The normalized spacial score (nSPS) is 12.8. The molecule has 268 valence electrons. The average molecular weight is 771 g/mol. The van der Waals surface area contributed by atoms with Gasteiger partial charge in [0.1, 0.15) is 4.90 Å². The largest absolute Gasteiger partial charge is 0.354 e. The maximum atomic E-state index is 14.3. The molecule has 5 aromatic carbocycles. The van der Waals surface area contributed by atoms with Gasteiger partial charge in [0, 0.05) is 29.1 Å². The number of aryl methyl sites for hydroxylation is 1. The Morgan fingerprint density at radius 3 is 2.02 bits per heavy atom. The fraction of sp³-hybridized carbons (Fsp3) is 0.0541. The van der Waals surface area contributed by atoms with Crippen molar-refractivity contribution < 1.29 is 43.9 Å². The van der Waals surface area contributed by atoms with Crippen LogP contribution in [0, 0.1) is 0 Å². The smallest absolute Gasteiger partial charge is 0.296 e. The third-order valence-electron chi connectivity index (χ3n) is 8.91. The number of nitrogens with zero attached hydrogens (tertiary/aromatic N) is 1. The van der Waals surface area contributed by atoms with E-state index < -0.39 is 68.3 Å². The number of hydrogen-bond acceptors (Lipinski definition) is 10. The number of pyridine rings is 1. The number of anilines is 2. The molecule has 53 heavy (non-hydrogen) atoms. The first-order chi connectivity index (χ1) is 25.0. The Balaban J connectivity index is 1.45. The predicted molar refractivity (Wildman–Crippen MR) is 195 cm³/mol. The molecule has 1 aliphatic carbocycles. The Morgan fingerprint density at radius 2 is 1.34 bits per heavy atom. The highest BCUT2D eigenvalue weighted by atomic mass is 32.2. The fourth-order valence-corrected chi connectivity index (χ4v) is 9.11. The summed E-state index contributed by atoms with van der Waals surface area (Å²) < 4.78 is 96.7. The predicted octanol–water partition coefficient (Wildman–Crippen LogP) is 5.19. The Hall–Kier alpha value is -5.78. The standard InChI is InChI=1S/C37H26N2O11S3/c1-39-29-17-16-28(38-27-15-14-23(19-30(27)53(48,49)50)51(43,44)20-21-8-3-2-4-9-21)32-33(29)31(25-12-5-6-13-26(25)36(32)41)34(37(39)42)35(40)22-10-7-11-24(18-22)52(45,46)47/h2-19,38H,20H2,1H3,(H,45,46,47)(H,48,49,50). The maximum absolute atomic E-state index is 14.3. The summed E-state index contributed by atoms with van der Waals surface area (Å²) in [5.74, 6) is -1.92. The number of aromatic nitrogens is 1. The van der Waals surface area contributed by atoms with Crippen molar-refractivity contribution in [3.05, 3.63) is 147 Å². The second-order valence-corrected chi connectivity index (χ2v) is 17.0. The summed E-state index contributed by atoms with van der Waals surface area (Å²) in [7, 11) is -12.5. The van der Waals surface area contributed by atoms with Crippen LogP contribution in [0.1, 0.15) is 37.4 Å². The Labute approximate surface area is 302 Å². The molecule has 0 bridgehead atoms. The van der Waals surface area contributed by atoms with Crippen molar-refractivity contribution in [1.82, 2.24) is 4.57 Å². The average Bonchev–Trinajstić information content (AvgIpc) is 3.11. The van der Waals surface area contributed by atoms with E-state index in [9.17, 15) is 48.7 Å². The Kier molecular flexibility index (Phi) is 8.54. The minimum atomic E-state index is -5.07. The van der Waals surface area contributed by atoms with Crippen molar-refractivity contribution >= 4 is 63.9 Å². The molecule has 3 N–H and O–H groups in total. The van der Waals surface area contributed by atoms with Gasteiger partial charge in [0.05, 0.1) is 43.6 Å². The van der Waals surface area contributed by atoms with E-state index in [0.717, 1.165) is 34.9 Å². The van der Waals surface area contributed by atoms with Gasteiger partial charge in [-0.3, -0.25) is 23.5 Å². The van der Waals surface area contributed by atoms with Crippen LogP contribution in [-0.4, -0.2) is 50.5 Å². The lowest BCUT2D eigenvalue weighted by Crippen LogP contribution is -2.29. The van der Waals surface area contributed by atoms with Crippen molar-refractivity contribution in [3.8, 4) is 11.1 Å². The molecule has 16 heteroatoms. The molecule has 0 saturated carbocycles. The summed E-state index contributed by atoms with van der Waals surface area (Å²) in [5.41, 5.74) is -0.743. The number of fused-ring (bicyclic) bond motifs is 2. The van der Waals surface area contributed by atoms with Gasteiger partial charge >= 0.3 is 0 Å². The molecular formula is C37H26N2O11S3. The molecule has 6 aromatic rings. The second kappa shape index (κ2) is 12.7. The number of carbonyl (C=O) groups is 2. The van der Waals surface area contributed by atoms with Gasteiger partial charge in [-0.1, -0.05) is 66.7 Å². The Bertz CT molecular complexity index is 2980.